The van der Waals surface area contributed by atoms with Gasteiger partial charge >= 0.3 is 0 Å². The van der Waals surface area contributed by atoms with E-state index in [9.17, 15) is 5.11 Å². The van der Waals surface area contributed by atoms with E-state index >= 15 is 0 Å². The summed E-state index contributed by atoms with van der Waals surface area (Å²) in [6.45, 7) is 0. The molecular weight excluding hydrogens is 294 g/mol. The van der Waals surface area contributed by atoms with Crippen LogP contribution in [0.3, 0.4) is 0 Å². The number of benzene rings is 1. The van der Waals surface area contributed by atoms with Gasteiger partial charge in [0.1, 0.15) is 17.2 Å². The lowest BCUT2D eigenvalue weighted by Gasteiger charge is -2.27. The zero-order valence-corrected chi connectivity index (χ0v) is 13.0. The number of nitrogens with zero attached hydrogens (tertiary/aromatic N) is 1. The highest BCUT2D eigenvalue weighted by Gasteiger charge is 2.29. The normalized spacial score (nSPS) is 23.7. The van der Waals surface area contributed by atoms with Gasteiger partial charge in [-0.3, -0.25) is 4.98 Å². The van der Waals surface area contributed by atoms with E-state index in [2.05, 4.69) is 4.98 Å². The topological polar surface area (TPSA) is 60.8 Å². The zero-order valence-electron chi connectivity index (χ0n) is 13.0. The molecule has 2 aliphatic heterocycles. The van der Waals surface area contributed by atoms with Crippen LogP contribution in [0.1, 0.15) is 24.1 Å². The highest BCUT2D eigenvalue weighted by atomic mass is 16.5. The molecule has 2 aromatic rings. The third-order valence-electron chi connectivity index (χ3n) is 4.25. The number of hydrogen-bond acceptors (Lipinski definition) is 5. The fourth-order valence-electron chi connectivity index (χ4n) is 3.16. The van der Waals surface area contributed by atoms with Gasteiger partial charge in [-0.2, -0.15) is 0 Å². The lowest BCUT2D eigenvalue weighted by molar-refractivity contribution is 0.179. The van der Waals surface area contributed by atoms with Crippen LogP contribution in [0.25, 0.3) is 22.3 Å². The summed E-state index contributed by atoms with van der Waals surface area (Å²) < 4.78 is 17.1. The van der Waals surface area contributed by atoms with Crippen molar-refractivity contribution in [2.75, 3.05) is 14.2 Å². The summed E-state index contributed by atoms with van der Waals surface area (Å²) in [5.74, 6) is 2.62. The molecule has 1 N–H and O–H groups in total. The predicted molar refractivity (Wildman–Crippen MR) is 87.1 cm³/mol. The highest BCUT2D eigenvalue weighted by molar-refractivity contribution is 6.05. The average Bonchev–Trinajstić information content (AvgIpc) is 2.57. The molecule has 23 heavy (non-hydrogen) atoms. The predicted octanol–water partition coefficient (Wildman–Crippen LogP) is 3.12. The molecule has 0 unspecified atom stereocenters. The van der Waals surface area contributed by atoms with E-state index in [1.54, 1.807) is 20.4 Å². The Morgan fingerprint density at radius 3 is 2.70 bits per heavy atom. The second kappa shape index (κ2) is 5.28. The first-order valence-electron chi connectivity index (χ1n) is 7.53. The number of methoxy groups -OCH3 is 2. The van der Waals surface area contributed by atoms with E-state index in [1.807, 2.05) is 24.3 Å². The minimum absolute atomic E-state index is 0.429. The average molecular weight is 311 g/mol. The molecule has 5 nitrogen and oxygen atoms in total. The molecule has 2 aliphatic rings. The van der Waals surface area contributed by atoms with Crippen molar-refractivity contribution in [3.05, 3.63) is 41.7 Å². The Kier molecular flexibility index (Phi) is 3.23. The van der Waals surface area contributed by atoms with Gasteiger partial charge in [0.15, 0.2) is 11.5 Å². The fourth-order valence-corrected chi connectivity index (χ4v) is 3.16. The Balaban J connectivity index is 2.14. The summed E-state index contributed by atoms with van der Waals surface area (Å²) in [6, 6.07) is 3.90. The standard InChI is InChI=1S/C18H17NO4/c1-21-14-9-10-7-8-19-17-13-6-4-11(20)3-5-12(23-13)16(15(10)17)18(14)22-2/h5-9,11,20H,3-4H2,1-2H3/b12-5-,13-6+/t11-/m0/s1. The molecule has 0 amide bonds. The lowest BCUT2D eigenvalue weighted by atomic mass is 9.94. The van der Waals surface area contributed by atoms with Crippen LogP contribution in [0, 0.1) is 0 Å². The number of aromatic nitrogens is 1. The molecule has 0 saturated carbocycles. The molecule has 0 aliphatic carbocycles. The summed E-state index contributed by atoms with van der Waals surface area (Å²) in [7, 11) is 3.23. The number of pyridine rings is 1. The van der Waals surface area contributed by atoms with Crippen LogP contribution in [0.15, 0.2) is 30.5 Å². The maximum atomic E-state index is 10.0. The van der Waals surface area contributed by atoms with Crippen LogP contribution in [0.4, 0.5) is 0 Å². The first-order valence-corrected chi connectivity index (χ1v) is 7.53. The Hall–Kier alpha value is -2.53. The highest BCUT2D eigenvalue weighted by Crippen LogP contribution is 2.48. The largest absolute Gasteiger partial charge is 0.493 e. The van der Waals surface area contributed by atoms with Gasteiger partial charge in [0.05, 0.1) is 25.9 Å². The van der Waals surface area contributed by atoms with Crippen LogP contribution in [0.5, 0.6) is 11.5 Å². The van der Waals surface area contributed by atoms with E-state index in [0.29, 0.717) is 35.9 Å². The molecule has 5 heteroatoms. The first kappa shape index (κ1) is 14.1. The van der Waals surface area contributed by atoms with E-state index in [-0.39, 0.29) is 0 Å². The molecule has 1 aromatic heterocycles. The molecule has 4 rings (SSSR count). The van der Waals surface area contributed by atoms with Gasteiger partial charge in [-0.25, -0.2) is 0 Å². The monoisotopic (exact) mass is 311 g/mol. The van der Waals surface area contributed by atoms with E-state index in [0.717, 1.165) is 22.0 Å². The lowest BCUT2D eigenvalue weighted by Crippen LogP contribution is -2.12. The van der Waals surface area contributed by atoms with Crippen molar-refractivity contribution in [2.45, 2.75) is 18.9 Å². The summed E-state index contributed by atoms with van der Waals surface area (Å²) >= 11 is 0. The quantitative estimate of drug-likeness (QED) is 0.923. The van der Waals surface area contributed by atoms with Gasteiger partial charge in [-0.05, 0) is 42.5 Å². The molecule has 118 valence electrons. The molecule has 1 atom stereocenters. The van der Waals surface area contributed by atoms with Crippen molar-refractivity contribution in [3.63, 3.8) is 0 Å². The summed E-state index contributed by atoms with van der Waals surface area (Å²) in [4.78, 5) is 4.49. The molecule has 0 fully saturated rings. The summed E-state index contributed by atoms with van der Waals surface area (Å²) in [5, 5.41) is 12.0. The number of fused-ring (bicyclic) bond motifs is 4. The molecule has 3 heterocycles. The van der Waals surface area contributed by atoms with Crippen LogP contribution in [0.2, 0.25) is 0 Å². The second-order valence-electron chi connectivity index (χ2n) is 5.61. The van der Waals surface area contributed by atoms with Gasteiger partial charge in [-0.15, -0.1) is 0 Å². The second-order valence-corrected chi connectivity index (χ2v) is 5.61. The van der Waals surface area contributed by atoms with Crippen LogP contribution in [-0.2, 0) is 4.74 Å². The Morgan fingerprint density at radius 2 is 1.96 bits per heavy atom. The van der Waals surface area contributed by atoms with Crippen molar-refractivity contribution in [1.29, 1.82) is 0 Å². The Morgan fingerprint density at radius 1 is 1.17 bits per heavy atom. The molecule has 0 saturated heterocycles. The zero-order chi connectivity index (χ0) is 16.0. The van der Waals surface area contributed by atoms with Crippen LogP contribution in [-0.4, -0.2) is 30.4 Å². The van der Waals surface area contributed by atoms with Gasteiger partial charge in [0.25, 0.3) is 0 Å². The number of rotatable bonds is 2. The summed E-state index contributed by atoms with van der Waals surface area (Å²) in [5.41, 5.74) is 1.60. The fraction of sp³-hybridized carbons (Fsp3) is 0.278. The van der Waals surface area contributed by atoms with Crippen molar-refractivity contribution in [2.24, 2.45) is 0 Å². The maximum absolute atomic E-state index is 10.0. The SMILES string of the molecule is COc1cc2ccnc3c2c(c1OC)/C1=C/C[C@H](O)C/C=C\3O1. The van der Waals surface area contributed by atoms with Crippen LogP contribution < -0.4 is 9.47 Å². The van der Waals surface area contributed by atoms with Crippen molar-refractivity contribution >= 4 is 22.3 Å². The summed E-state index contributed by atoms with van der Waals surface area (Å²) in [6.07, 6.45) is 6.20. The van der Waals surface area contributed by atoms with E-state index in [1.165, 1.54) is 0 Å². The molecule has 2 bridgehead atoms. The van der Waals surface area contributed by atoms with Crippen LogP contribution >= 0.6 is 0 Å². The minimum atomic E-state index is -0.429. The smallest absolute Gasteiger partial charge is 0.172 e. The number of aliphatic hydroxyl groups excluding tert-OH is 1. The maximum Gasteiger partial charge on any atom is 0.172 e. The molecular formula is C18H17NO4. The van der Waals surface area contributed by atoms with E-state index < -0.39 is 6.10 Å². The minimum Gasteiger partial charge on any atom is -0.493 e. The number of aliphatic hydroxyl groups is 1. The van der Waals surface area contributed by atoms with Gasteiger partial charge < -0.3 is 19.3 Å². The van der Waals surface area contributed by atoms with E-state index in [4.69, 9.17) is 14.2 Å². The van der Waals surface area contributed by atoms with Crippen molar-refractivity contribution < 1.29 is 19.3 Å². The van der Waals surface area contributed by atoms with Gasteiger partial charge in [0, 0.05) is 11.6 Å². The molecule has 0 spiro atoms. The van der Waals surface area contributed by atoms with Crippen molar-refractivity contribution in [3.8, 4) is 11.5 Å². The first-order chi connectivity index (χ1) is 11.2. The molecule has 1 aromatic carbocycles. The Bertz CT molecular complexity index is 854. The van der Waals surface area contributed by atoms with Gasteiger partial charge in [0.2, 0.25) is 0 Å². The van der Waals surface area contributed by atoms with Gasteiger partial charge in [-0.1, -0.05) is 0 Å². The van der Waals surface area contributed by atoms with Crippen molar-refractivity contribution in [1.82, 2.24) is 4.98 Å². The number of hydrogen-bond donors (Lipinski definition) is 1. The third kappa shape index (κ3) is 2.08. The molecule has 0 radical (unpaired) electrons. The Labute approximate surface area is 133 Å². The third-order valence-corrected chi connectivity index (χ3v) is 4.25. The number of ether oxygens (including phenoxy) is 3.